The molecule has 18 heavy (non-hydrogen) atoms. The van der Waals surface area contributed by atoms with Crippen molar-refractivity contribution < 1.29 is 4.79 Å². The molecule has 92 valence electrons. The van der Waals surface area contributed by atoms with Crippen LogP contribution in [-0.2, 0) is 0 Å². The number of hydrogen-bond donors (Lipinski definition) is 2. The summed E-state index contributed by atoms with van der Waals surface area (Å²) in [6.45, 7) is 3.86. The lowest BCUT2D eigenvalue weighted by Crippen LogP contribution is -2.17. The Bertz CT molecular complexity index is 626. The molecule has 0 saturated carbocycles. The highest BCUT2D eigenvalue weighted by Gasteiger charge is 2.09. The predicted molar refractivity (Wildman–Crippen MR) is 68.7 cm³/mol. The smallest absolute Gasteiger partial charge is 0.275 e. The van der Waals surface area contributed by atoms with Gasteiger partial charge in [-0.1, -0.05) is 12.1 Å². The fourth-order valence-electron chi connectivity index (χ4n) is 1.52. The molecule has 5 heteroatoms. The Labute approximate surface area is 104 Å². The summed E-state index contributed by atoms with van der Waals surface area (Å²) in [5, 5.41) is 2.76. The minimum atomic E-state index is -0.347. The van der Waals surface area contributed by atoms with Gasteiger partial charge in [0.05, 0.1) is 6.20 Å². The number of aryl methyl sites for hydroxylation is 2. The summed E-state index contributed by atoms with van der Waals surface area (Å²) in [5.74, 6) is -0.347. The first-order valence-corrected chi connectivity index (χ1v) is 5.49. The molecule has 2 aromatic rings. The normalized spacial score (nSPS) is 10.1. The minimum Gasteiger partial charge on any atom is -0.325 e. The van der Waals surface area contributed by atoms with E-state index < -0.39 is 0 Å². The molecule has 0 radical (unpaired) electrons. The Morgan fingerprint density at radius 2 is 2.11 bits per heavy atom. The zero-order valence-corrected chi connectivity index (χ0v) is 10.2. The van der Waals surface area contributed by atoms with Gasteiger partial charge < -0.3 is 10.3 Å². The molecule has 0 spiro atoms. The van der Waals surface area contributed by atoms with Crippen LogP contribution in [0.2, 0.25) is 0 Å². The molecule has 1 aromatic carbocycles. The van der Waals surface area contributed by atoms with Gasteiger partial charge in [-0.15, -0.1) is 0 Å². The summed E-state index contributed by atoms with van der Waals surface area (Å²) < 4.78 is 0. The van der Waals surface area contributed by atoms with Gasteiger partial charge in [0.2, 0.25) is 0 Å². The fraction of sp³-hybridized carbons (Fsp3) is 0.154. The van der Waals surface area contributed by atoms with Gasteiger partial charge in [-0.25, -0.2) is 4.98 Å². The van der Waals surface area contributed by atoms with Gasteiger partial charge in [-0.3, -0.25) is 9.59 Å². The predicted octanol–water partition coefficient (Wildman–Crippen LogP) is 1.64. The van der Waals surface area contributed by atoms with Gasteiger partial charge in [0.1, 0.15) is 5.69 Å². The number of anilines is 1. The molecule has 5 nitrogen and oxygen atoms in total. The van der Waals surface area contributed by atoms with Crippen molar-refractivity contribution in [1.29, 1.82) is 0 Å². The second-order valence-electron chi connectivity index (χ2n) is 4.07. The van der Waals surface area contributed by atoms with Gasteiger partial charge in [-0.05, 0) is 31.0 Å². The van der Waals surface area contributed by atoms with Crippen molar-refractivity contribution in [1.82, 2.24) is 9.97 Å². The minimum absolute atomic E-state index is 0.176. The first-order chi connectivity index (χ1) is 8.56. The lowest BCUT2D eigenvalue weighted by atomic mass is 10.1. The van der Waals surface area contributed by atoms with Crippen molar-refractivity contribution in [3.8, 4) is 0 Å². The Balaban J connectivity index is 2.23. The monoisotopic (exact) mass is 243 g/mol. The van der Waals surface area contributed by atoms with Crippen LogP contribution in [0.5, 0.6) is 0 Å². The third-order valence-corrected chi connectivity index (χ3v) is 2.55. The highest BCUT2D eigenvalue weighted by molar-refractivity contribution is 6.03. The van der Waals surface area contributed by atoms with Gasteiger partial charge in [0.25, 0.3) is 11.5 Å². The average Bonchev–Trinajstić information content (AvgIpc) is 2.34. The van der Waals surface area contributed by atoms with Crippen molar-refractivity contribution >= 4 is 11.6 Å². The number of hydrogen-bond acceptors (Lipinski definition) is 3. The number of carbonyl (C=O) groups is 1. The molecule has 0 atom stereocenters. The molecule has 1 heterocycles. The highest BCUT2D eigenvalue weighted by atomic mass is 16.2. The standard InChI is InChI=1S/C13H13N3O2/c1-8-3-4-9(2)10(5-8)16-13(18)11-6-15-12(17)7-14-11/h3-7H,1-2H3,(H,15,17)(H,16,18). The lowest BCUT2D eigenvalue weighted by molar-refractivity contribution is 0.102. The first kappa shape index (κ1) is 12.0. The molecule has 2 rings (SSSR count). The molecule has 0 bridgehead atoms. The summed E-state index contributed by atoms with van der Waals surface area (Å²) in [7, 11) is 0. The van der Waals surface area contributed by atoms with Crippen LogP contribution < -0.4 is 10.9 Å². The van der Waals surface area contributed by atoms with E-state index in [2.05, 4.69) is 15.3 Å². The zero-order valence-electron chi connectivity index (χ0n) is 10.2. The Hall–Kier alpha value is -2.43. The third-order valence-electron chi connectivity index (χ3n) is 2.55. The lowest BCUT2D eigenvalue weighted by Gasteiger charge is -2.08. The molecular weight excluding hydrogens is 230 g/mol. The maximum atomic E-state index is 11.9. The van der Waals surface area contributed by atoms with Gasteiger partial charge in [0, 0.05) is 11.9 Å². The van der Waals surface area contributed by atoms with Crippen LogP contribution in [0, 0.1) is 13.8 Å². The number of aromatic nitrogens is 2. The topological polar surface area (TPSA) is 74.8 Å². The summed E-state index contributed by atoms with van der Waals surface area (Å²) in [6.07, 6.45) is 2.38. The number of benzene rings is 1. The molecule has 0 fully saturated rings. The van der Waals surface area contributed by atoms with Gasteiger partial charge in [-0.2, -0.15) is 0 Å². The number of nitrogens with zero attached hydrogens (tertiary/aromatic N) is 1. The second kappa shape index (κ2) is 4.83. The van der Waals surface area contributed by atoms with Crippen molar-refractivity contribution in [2.45, 2.75) is 13.8 Å². The van der Waals surface area contributed by atoms with Crippen LogP contribution in [0.3, 0.4) is 0 Å². The molecule has 0 aliphatic carbocycles. The summed E-state index contributed by atoms with van der Waals surface area (Å²) in [6, 6.07) is 5.80. The summed E-state index contributed by atoms with van der Waals surface area (Å²) in [4.78, 5) is 28.9. The van der Waals surface area contributed by atoms with Gasteiger partial charge >= 0.3 is 0 Å². The summed E-state index contributed by atoms with van der Waals surface area (Å²) in [5.41, 5.74) is 2.62. The molecule has 0 aliphatic heterocycles. The molecule has 0 unspecified atom stereocenters. The number of aromatic amines is 1. The fourth-order valence-corrected chi connectivity index (χ4v) is 1.52. The quantitative estimate of drug-likeness (QED) is 0.842. The average molecular weight is 243 g/mol. The second-order valence-corrected chi connectivity index (χ2v) is 4.07. The molecule has 2 N–H and O–H groups in total. The van der Waals surface area contributed by atoms with Crippen molar-refractivity contribution in [3.05, 3.63) is 57.8 Å². The number of H-pyrrole nitrogens is 1. The Morgan fingerprint density at radius 1 is 1.33 bits per heavy atom. The molecule has 0 aliphatic rings. The number of carbonyl (C=O) groups excluding carboxylic acids is 1. The van der Waals surface area contributed by atoms with E-state index in [-0.39, 0.29) is 17.2 Å². The van der Waals surface area contributed by atoms with E-state index >= 15 is 0 Å². The SMILES string of the molecule is Cc1ccc(C)c(NC(=O)c2c[nH]c(=O)cn2)c1. The van der Waals surface area contributed by atoms with E-state index in [0.717, 1.165) is 23.0 Å². The Morgan fingerprint density at radius 3 is 2.78 bits per heavy atom. The van der Waals surface area contributed by atoms with Crippen molar-refractivity contribution in [2.24, 2.45) is 0 Å². The molecule has 1 aromatic heterocycles. The Kier molecular flexibility index (Phi) is 3.23. The van der Waals surface area contributed by atoms with Crippen LogP contribution in [0.1, 0.15) is 21.6 Å². The first-order valence-electron chi connectivity index (χ1n) is 5.49. The van der Waals surface area contributed by atoms with Gasteiger partial charge in [0.15, 0.2) is 0 Å². The van der Waals surface area contributed by atoms with E-state index in [1.807, 2.05) is 32.0 Å². The van der Waals surface area contributed by atoms with E-state index in [4.69, 9.17) is 0 Å². The maximum Gasteiger partial charge on any atom is 0.275 e. The highest BCUT2D eigenvalue weighted by Crippen LogP contribution is 2.16. The van der Waals surface area contributed by atoms with Crippen LogP contribution in [-0.4, -0.2) is 15.9 Å². The summed E-state index contributed by atoms with van der Waals surface area (Å²) >= 11 is 0. The van der Waals surface area contributed by atoms with Crippen LogP contribution in [0.25, 0.3) is 0 Å². The van der Waals surface area contributed by atoms with E-state index in [1.54, 1.807) is 0 Å². The maximum absolute atomic E-state index is 11.9. The van der Waals surface area contributed by atoms with E-state index in [9.17, 15) is 9.59 Å². The third kappa shape index (κ3) is 2.63. The largest absolute Gasteiger partial charge is 0.325 e. The molecule has 1 amide bonds. The van der Waals surface area contributed by atoms with Crippen LogP contribution in [0.15, 0.2) is 35.4 Å². The zero-order chi connectivity index (χ0) is 13.1. The number of amides is 1. The van der Waals surface area contributed by atoms with E-state index in [1.165, 1.54) is 6.20 Å². The van der Waals surface area contributed by atoms with E-state index in [0.29, 0.717) is 0 Å². The van der Waals surface area contributed by atoms with Crippen LogP contribution >= 0.6 is 0 Å². The van der Waals surface area contributed by atoms with Crippen molar-refractivity contribution in [2.75, 3.05) is 5.32 Å². The van der Waals surface area contributed by atoms with Crippen LogP contribution in [0.4, 0.5) is 5.69 Å². The number of nitrogens with one attached hydrogen (secondary N) is 2. The molecular formula is C13H13N3O2. The molecule has 0 saturated heterocycles. The van der Waals surface area contributed by atoms with Crippen molar-refractivity contribution in [3.63, 3.8) is 0 Å². The number of rotatable bonds is 2.